The number of carboxylic acids is 1. The molecule has 0 aliphatic heterocycles. The maximum Gasteiger partial charge on any atom is 0.341 e. The molecule has 0 aliphatic rings. The summed E-state index contributed by atoms with van der Waals surface area (Å²) in [6, 6.07) is 9.41. The number of nitrogens with zero attached hydrogens (tertiary/aromatic N) is 1. The van der Waals surface area contributed by atoms with Crippen molar-refractivity contribution in [3.8, 4) is 11.1 Å². The van der Waals surface area contributed by atoms with Gasteiger partial charge in [0.25, 0.3) is 0 Å². The molecule has 5 nitrogen and oxygen atoms in total. The highest BCUT2D eigenvalue weighted by molar-refractivity contribution is 5.93. The lowest BCUT2D eigenvalue weighted by atomic mass is 10.0. The predicted molar refractivity (Wildman–Crippen MR) is 92.2 cm³/mol. The van der Waals surface area contributed by atoms with E-state index in [9.17, 15) is 14.0 Å². The van der Waals surface area contributed by atoms with Gasteiger partial charge in [0.1, 0.15) is 11.4 Å². The fourth-order valence-corrected chi connectivity index (χ4v) is 2.84. The molecule has 3 aromatic rings. The number of fused-ring (bicyclic) bond motifs is 1. The summed E-state index contributed by atoms with van der Waals surface area (Å²) in [4.78, 5) is 23.6. The van der Waals surface area contributed by atoms with Crippen LogP contribution in [0.2, 0.25) is 0 Å². The topological polar surface area (TPSA) is 79.5 Å². The van der Waals surface area contributed by atoms with Gasteiger partial charge in [-0.2, -0.15) is 0 Å². The van der Waals surface area contributed by atoms with Crippen LogP contribution in [-0.4, -0.2) is 20.7 Å². The smallest absolute Gasteiger partial charge is 0.341 e. The highest BCUT2D eigenvalue weighted by Crippen LogP contribution is 2.27. The Bertz CT molecular complexity index is 1020. The first-order chi connectivity index (χ1) is 12.0. The molecular weight excluding hydrogens is 325 g/mol. The number of hydrogen-bond donors (Lipinski definition) is 2. The number of halogens is 1. The fourth-order valence-electron chi connectivity index (χ4n) is 2.84. The number of carbonyl (C=O) groups is 1. The molecule has 2 N–H and O–H groups in total. The standard InChI is InChI=1S/C19H16FNO4/c1-2-21-9-15(19(24)25)18(23)14-7-16(20)13(8-17(14)21)12-5-3-11(10-22)4-6-12/h3-9,22H,2,10H2,1H3,(H,24,25). The van der Waals surface area contributed by atoms with E-state index in [1.54, 1.807) is 34.9 Å². The van der Waals surface area contributed by atoms with Gasteiger partial charge >= 0.3 is 5.97 Å². The SMILES string of the molecule is CCn1cc(C(=O)O)c(=O)c2cc(F)c(-c3ccc(CO)cc3)cc21. The summed E-state index contributed by atoms with van der Waals surface area (Å²) < 4.78 is 16.2. The van der Waals surface area contributed by atoms with E-state index in [1.165, 1.54) is 6.20 Å². The Balaban J connectivity index is 2.29. The molecule has 0 fully saturated rings. The summed E-state index contributed by atoms with van der Waals surface area (Å²) in [5.41, 5.74) is 1.01. The summed E-state index contributed by atoms with van der Waals surface area (Å²) >= 11 is 0. The number of aliphatic hydroxyl groups excluding tert-OH is 1. The summed E-state index contributed by atoms with van der Waals surface area (Å²) in [5.74, 6) is -1.94. The molecule has 0 unspecified atom stereocenters. The van der Waals surface area contributed by atoms with Gasteiger partial charge in [0, 0.05) is 23.7 Å². The molecule has 0 atom stereocenters. The van der Waals surface area contributed by atoms with Gasteiger partial charge in [-0.25, -0.2) is 9.18 Å². The molecule has 0 spiro atoms. The van der Waals surface area contributed by atoms with Gasteiger partial charge in [0.2, 0.25) is 5.43 Å². The lowest BCUT2D eigenvalue weighted by Crippen LogP contribution is -2.19. The van der Waals surface area contributed by atoms with Crippen molar-refractivity contribution < 1.29 is 19.4 Å². The Morgan fingerprint density at radius 3 is 2.44 bits per heavy atom. The van der Waals surface area contributed by atoms with Crippen molar-refractivity contribution in [2.24, 2.45) is 0 Å². The van der Waals surface area contributed by atoms with Crippen LogP contribution in [0.4, 0.5) is 4.39 Å². The van der Waals surface area contributed by atoms with Crippen molar-refractivity contribution in [2.45, 2.75) is 20.1 Å². The van der Waals surface area contributed by atoms with Gasteiger partial charge in [-0.15, -0.1) is 0 Å². The molecule has 0 saturated heterocycles. The van der Waals surface area contributed by atoms with Crippen molar-refractivity contribution >= 4 is 16.9 Å². The molecular formula is C19H16FNO4. The zero-order valence-corrected chi connectivity index (χ0v) is 13.5. The maximum atomic E-state index is 14.6. The van der Waals surface area contributed by atoms with E-state index in [0.717, 1.165) is 6.07 Å². The first-order valence-corrected chi connectivity index (χ1v) is 7.76. The van der Waals surface area contributed by atoms with Crippen LogP contribution >= 0.6 is 0 Å². The summed E-state index contributed by atoms with van der Waals surface area (Å²) in [5, 5.41) is 18.3. The first-order valence-electron chi connectivity index (χ1n) is 7.76. The minimum atomic E-state index is -1.34. The van der Waals surface area contributed by atoms with E-state index >= 15 is 0 Å². The summed E-state index contributed by atoms with van der Waals surface area (Å²) in [6.45, 7) is 2.15. The number of carboxylic acid groups (broad SMARTS) is 1. The van der Waals surface area contributed by atoms with Crippen molar-refractivity contribution in [3.63, 3.8) is 0 Å². The average molecular weight is 341 g/mol. The molecule has 0 radical (unpaired) electrons. The predicted octanol–water partition coefficient (Wildman–Crippen LogP) is 3.02. The summed E-state index contributed by atoms with van der Waals surface area (Å²) in [7, 11) is 0. The molecule has 2 aromatic carbocycles. The van der Waals surface area contributed by atoms with Gasteiger partial charge in [-0.3, -0.25) is 4.79 Å². The van der Waals surface area contributed by atoms with E-state index in [-0.39, 0.29) is 17.6 Å². The van der Waals surface area contributed by atoms with Gasteiger partial charge in [-0.1, -0.05) is 24.3 Å². The van der Waals surface area contributed by atoms with Crippen molar-refractivity contribution in [1.82, 2.24) is 4.57 Å². The number of aromatic carboxylic acids is 1. The third kappa shape index (κ3) is 2.92. The van der Waals surface area contributed by atoms with E-state index < -0.39 is 17.2 Å². The van der Waals surface area contributed by atoms with Gasteiger partial charge in [-0.05, 0) is 30.2 Å². The van der Waals surface area contributed by atoms with Crippen LogP contribution in [0, 0.1) is 5.82 Å². The Hall–Kier alpha value is -2.99. The maximum absolute atomic E-state index is 14.6. The highest BCUT2D eigenvalue weighted by atomic mass is 19.1. The highest BCUT2D eigenvalue weighted by Gasteiger charge is 2.17. The third-order valence-electron chi connectivity index (χ3n) is 4.19. The minimum Gasteiger partial charge on any atom is -0.477 e. The number of rotatable bonds is 4. The van der Waals surface area contributed by atoms with Crippen molar-refractivity contribution in [1.29, 1.82) is 0 Å². The number of aliphatic hydroxyl groups is 1. The first kappa shape index (κ1) is 16.9. The Kier molecular flexibility index (Phi) is 4.37. The van der Waals surface area contributed by atoms with Crippen LogP contribution in [0.3, 0.4) is 0 Å². The van der Waals surface area contributed by atoms with Crippen LogP contribution in [-0.2, 0) is 13.2 Å². The van der Waals surface area contributed by atoms with E-state index in [4.69, 9.17) is 10.2 Å². The second kappa shape index (κ2) is 6.49. The number of pyridine rings is 1. The molecule has 0 saturated carbocycles. The molecule has 0 amide bonds. The van der Waals surface area contributed by atoms with Crippen molar-refractivity contribution in [3.05, 3.63) is 69.8 Å². The second-order valence-electron chi connectivity index (χ2n) is 5.67. The third-order valence-corrected chi connectivity index (χ3v) is 4.19. The van der Waals surface area contributed by atoms with Crippen molar-refractivity contribution in [2.75, 3.05) is 0 Å². The molecule has 128 valence electrons. The molecule has 0 aliphatic carbocycles. The van der Waals surface area contributed by atoms with Crippen LogP contribution in [0.25, 0.3) is 22.0 Å². The van der Waals surface area contributed by atoms with Crippen LogP contribution in [0.5, 0.6) is 0 Å². The Morgan fingerprint density at radius 2 is 1.88 bits per heavy atom. The number of hydrogen-bond acceptors (Lipinski definition) is 3. The lowest BCUT2D eigenvalue weighted by molar-refractivity contribution is 0.0695. The molecule has 1 aromatic heterocycles. The van der Waals surface area contributed by atoms with E-state index in [1.807, 2.05) is 6.92 Å². The van der Waals surface area contributed by atoms with Crippen LogP contribution in [0.1, 0.15) is 22.8 Å². The quantitative estimate of drug-likeness (QED) is 0.764. The number of benzene rings is 2. The normalized spacial score (nSPS) is 11.0. The Labute approximate surface area is 142 Å². The minimum absolute atomic E-state index is 0.0370. The van der Waals surface area contributed by atoms with Gasteiger partial charge in [0.15, 0.2) is 0 Å². The Morgan fingerprint density at radius 1 is 1.20 bits per heavy atom. The molecule has 0 bridgehead atoms. The monoisotopic (exact) mass is 341 g/mol. The van der Waals surface area contributed by atoms with Gasteiger partial charge < -0.3 is 14.8 Å². The second-order valence-corrected chi connectivity index (χ2v) is 5.67. The fraction of sp³-hybridized carbons (Fsp3) is 0.158. The summed E-state index contributed by atoms with van der Waals surface area (Å²) in [6.07, 6.45) is 1.28. The van der Waals surface area contributed by atoms with Crippen LogP contribution in [0.15, 0.2) is 47.4 Å². The molecule has 1 heterocycles. The molecule has 3 rings (SSSR count). The number of aryl methyl sites for hydroxylation is 1. The lowest BCUT2D eigenvalue weighted by Gasteiger charge is -2.13. The van der Waals surface area contributed by atoms with Gasteiger partial charge in [0.05, 0.1) is 12.1 Å². The average Bonchev–Trinajstić information content (AvgIpc) is 2.62. The molecule has 25 heavy (non-hydrogen) atoms. The van der Waals surface area contributed by atoms with Crippen LogP contribution < -0.4 is 5.43 Å². The zero-order valence-electron chi connectivity index (χ0n) is 13.5. The van der Waals surface area contributed by atoms with E-state index in [2.05, 4.69) is 0 Å². The van der Waals surface area contributed by atoms with E-state index in [0.29, 0.717) is 28.8 Å². The number of aromatic nitrogens is 1. The molecule has 6 heteroatoms. The largest absolute Gasteiger partial charge is 0.477 e. The zero-order chi connectivity index (χ0) is 18.1.